The first-order chi connectivity index (χ1) is 12.3. The van der Waals surface area contributed by atoms with E-state index in [9.17, 15) is 0 Å². The third-order valence-electron chi connectivity index (χ3n) is 4.10. The van der Waals surface area contributed by atoms with Gasteiger partial charge in [-0.1, -0.05) is 103 Å². The average molecular weight is 326 g/mol. The molecule has 1 N–H and O–H groups in total. The van der Waals surface area contributed by atoms with Gasteiger partial charge in [0.15, 0.2) is 0 Å². The molecule has 0 fully saturated rings. The predicted octanol–water partition coefficient (Wildman–Crippen LogP) is 5.56. The van der Waals surface area contributed by atoms with Crippen LogP contribution < -0.4 is 0 Å². The van der Waals surface area contributed by atoms with E-state index in [0.717, 1.165) is 11.1 Å². The zero-order valence-electron chi connectivity index (χ0n) is 14.2. The predicted molar refractivity (Wildman–Crippen MR) is 108 cm³/mol. The van der Waals surface area contributed by atoms with E-state index in [1.807, 2.05) is 30.3 Å². The fourth-order valence-electron chi connectivity index (χ4n) is 2.71. The lowest BCUT2D eigenvalue weighted by Gasteiger charge is -2.03. The SMILES string of the molecule is OCCc1ccccc1/C=C/c1ccc(/C=C/c2ccccc2)cc1. The Morgan fingerprint density at radius 3 is 1.72 bits per heavy atom. The van der Waals surface area contributed by atoms with Crippen LogP contribution in [0.1, 0.15) is 27.8 Å². The van der Waals surface area contributed by atoms with Crippen molar-refractivity contribution in [3.8, 4) is 0 Å². The molecule has 124 valence electrons. The first kappa shape index (κ1) is 16.9. The molecular weight excluding hydrogens is 304 g/mol. The summed E-state index contributed by atoms with van der Waals surface area (Å²) in [5.41, 5.74) is 5.87. The molecule has 0 saturated heterocycles. The van der Waals surface area contributed by atoms with Gasteiger partial charge in [-0.25, -0.2) is 0 Å². The molecule has 0 unspecified atom stereocenters. The first-order valence-electron chi connectivity index (χ1n) is 8.55. The van der Waals surface area contributed by atoms with Crippen LogP contribution in [-0.4, -0.2) is 11.7 Å². The van der Waals surface area contributed by atoms with Crippen molar-refractivity contribution >= 4 is 24.3 Å². The molecule has 3 aromatic carbocycles. The maximum absolute atomic E-state index is 9.16. The van der Waals surface area contributed by atoms with Crippen LogP contribution in [0.15, 0.2) is 78.9 Å². The van der Waals surface area contributed by atoms with E-state index >= 15 is 0 Å². The van der Waals surface area contributed by atoms with Gasteiger partial charge in [-0.3, -0.25) is 0 Å². The molecule has 0 aromatic heterocycles. The minimum atomic E-state index is 0.174. The van der Waals surface area contributed by atoms with E-state index in [0.29, 0.717) is 6.42 Å². The van der Waals surface area contributed by atoms with E-state index in [1.165, 1.54) is 16.7 Å². The summed E-state index contributed by atoms with van der Waals surface area (Å²) in [6.07, 6.45) is 9.15. The number of hydrogen-bond acceptors (Lipinski definition) is 1. The number of aliphatic hydroxyl groups excluding tert-OH is 1. The molecule has 25 heavy (non-hydrogen) atoms. The van der Waals surface area contributed by atoms with Crippen LogP contribution in [0, 0.1) is 0 Å². The fourth-order valence-corrected chi connectivity index (χ4v) is 2.71. The summed E-state index contributed by atoms with van der Waals surface area (Å²) in [7, 11) is 0. The average Bonchev–Trinajstić information content (AvgIpc) is 2.68. The van der Waals surface area contributed by atoms with Gasteiger partial charge < -0.3 is 5.11 Å². The highest BCUT2D eigenvalue weighted by Gasteiger charge is 1.97. The number of rotatable bonds is 6. The monoisotopic (exact) mass is 326 g/mol. The Kier molecular flexibility index (Phi) is 5.97. The minimum Gasteiger partial charge on any atom is -0.396 e. The minimum absolute atomic E-state index is 0.174. The third kappa shape index (κ3) is 5.03. The molecule has 3 aromatic rings. The quantitative estimate of drug-likeness (QED) is 0.588. The molecule has 0 atom stereocenters. The maximum Gasteiger partial charge on any atom is 0.0471 e. The van der Waals surface area contributed by atoms with Crippen LogP contribution in [0.2, 0.25) is 0 Å². The summed E-state index contributed by atoms with van der Waals surface area (Å²) in [6.45, 7) is 0.174. The van der Waals surface area contributed by atoms with Crippen molar-refractivity contribution in [1.82, 2.24) is 0 Å². The smallest absolute Gasteiger partial charge is 0.0471 e. The Balaban J connectivity index is 1.70. The summed E-state index contributed by atoms with van der Waals surface area (Å²) >= 11 is 0. The molecule has 0 amide bonds. The molecule has 0 spiro atoms. The molecule has 0 saturated carbocycles. The Morgan fingerprint density at radius 2 is 1.08 bits per heavy atom. The lowest BCUT2D eigenvalue weighted by molar-refractivity contribution is 0.299. The van der Waals surface area contributed by atoms with Crippen molar-refractivity contribution in [2.75, 3.05) is 6.61 Å². The standard InChI is InChI=1S/C24H22O/c25-19-18-24-9-5-4-8-23(24)17-16-22-14-12-21(13-15-22)11-10-20-6-2-1-3-7-20/h1-17,25H,18-19H2/b11-10+,17-16+. The van der Waals surface area contributed by atoms with E-state index < -0.39 is 0 Å². The largest absolute Gasteiger partial charge is 0.396 e. The summed E-state index contributed by atoms with van der Waals surface area (Å²) < 4.78 is 0. The van der Waals surface area contributed by atoms with Crippen molar-refractivity contribution in [3.05, 3.63) is 107 Å². The van der Waals surface area contributed by atoms with Gasteiger partial charge in [0.05, 0.1) is 0 Å². The highest BCUT2D eigenvalue weighted by molar-refractivity contribution is 5.73. The molecule has 0 radical (unpaired) electrons. The fraction of sp³-hybridized carbons (Fsp3) is 0.0833. The van der Waals surface area contributed by atoms with Crippen LogP contribution in [0.5, 0.6) is 0 Å². The molecule has 0 aliphatic heterocycles. The molecule has 0 aliphatic carbocycles. The van der Waals surface area contributed by atoms with Crippen LogP contribution in [-0.2, 0) is 6.42 Å². The van der Waals surface area contributed by atoms with Gasteiger partial charge in [-0.2, -0.15) is 0 Å². The van der Waals surface area contributed by atoms with Gasteiger partial charge >= 0.3 is 0 Å². The molecule has 0 bridgehead atoms. The Hall–Kier alpha value is -2.90. The van der Waals surface area contributed by atoms with Gasteiger partial charge in [0.2, 0.25) is 0 Å². The lowest BCUT2D eigenvalue weighted by Crippen LogP contribution is -1.93. The van der Waals surface area contributed by atoms with Crippen molar-refractivity contribution < 1.29 is 5.11 Å². The van der Waals surface area contributed by atoms with Gasteiger partial charge in [0.25, 0.3) is 0 Å². The van der Waals surface area contributed by atoms with Crippen molar-refractivity contribution in [2.24, 2.45) is 0 Å². The van der Waals surface area contributed by atoms with Gasteiger partial charge in [0, 0.05) is 6.61 Å². The Bertz CT molecular complexity index is 843. The third-order valence-corrected chi connectivity index (χ3v) is 4.10. The van der Waals surface area contributed by atoms with Crippen LogP contribution >= 0.6 is 0 Å². The van der Waals surface area contributed by atoms with Crippen LogP contribution in [0.3, 0.4) is 0 Å². The summed E-state index contributed by atoms with van der Waals surface area (Å²) in [4.78, 5) is 0. The molecule has 0 aliphatic rings. The van der Waals surface area contributed by atoms with Crippen LogP contribution in [0.4, 0.5) is 0 Å². The first-order valence-corrected chi connectivity index (χ1v) is 8.55. The van der Waals surface area contributed by atoms with E-state index in [4.69, 9.17) is 5.11 Å². The molecule has 0 heterocycles. The molecule has 3 rings (SSSR count). The molecule has 1 nitrogen and oxygen atoms in total. The Morgan fingerprint density at radius 1 is 0.560 bits per heavy atom. The number of hydrogen-bond donors (Lipinski definition) is 1. The zero-order chi connectivity index (χ0) is 17.3. The summed E-state index contributed by atoms with van der Waals surface area (Å²) in [5.74, 6) is 0. The van der Waals surface area contributed by atoms with Gasteiger partial charge in [0.1, 0.15) is 0 Å². The topological polar surface area (TPSA) is 20.2 Å². The van der Waals surface area contributed by atoms with Crippen molar-refractivity contribution in [3.63, 3.8) is 0 Å². The second kappa shape index (κ2) is 8.81. The molecular formula is C24H22O. The van der Waals surface area contributed by atoms with E-state index in [-0.39, 0.29) is 6.61 Å². The molecule has 1 heteroatoms. The van der Waals surface area contributed by atoms with Crippen molar-refractivity contribution in [1.29, 1.82) is 0 Å². The van der Waals surface area contributed by atoms with Gasteiger partial charge in [-0.15, -0.1) is 0 Å². The van der Waals surface area contributed by atoms with Crippen LogP contribution in [0.25, 0.3) is 24.3 Å². The highest BCUT2D eigenvalue weighted by atomic mass is 16.2. The normalized spacial score (nSPS) is 11.4. The second-order valence-corrected chi connectivity index (χ2v) is 5.92. The lowest BCUT2D eigenvalue weighted by atomic mass is 10.0. The second-order valence-electron chi connectivity index (χ2n) is 5.92. The summed E-state index contributed by atoms with van der Waals surface area (Å²) in [5, 5.41) is 9.16. The Labute approximate surface area is 149 Å². The van der Waals surface area contributed by atoms with Gasteiger partial charge in [-0.05, 0) is 34.2 Å². The number of benzene rings is 3. The summed E-state index contributed by atoms with van der Waals surface area (Å²) in [6, 6.07) is 27.0. The van der Waals surface area contributed by atoms with E-state index in [2.05, 4.69) is 72.8 Å². The van der Waals surface area contributed by atoms with Crippen molar-refractivity contribution in [2.45, 2.75) is 6.42 Å². The van der Waals surface area contributed by atoms with E-state index in [1.54, 1.807) is 0 Å². The maximum atomic E-state index is 9.16. The zero-order valence-corrected chi connectivity index (χ0v) is 14.2. The highest BCUT2D eigenvalue weighted by Crippen LogP contribution is 2.15. The number of aliphatic hydroxyl groups is 1.